The van der Waals surface area contributed by atoms with E-state index in [1.165, 1.54) is 5.56 Å². The van der Waals surface area contributed by atoms with E-state index in [4.69, 9.17) is 25.6 Å². The predicted molar refractivity (Wildman–Crippen MR) is 140 cm³/mol. The normalized spacial score (nSPS) is 12.9. The van der Waals surface area contributed by atoms with Crippen molar-refractivity contribution in [2.24, 2.45) is 0 Å². The van der Waals surface area contributed by atoms with Crippen LogP contribution in [0.4, 0.5) is 0 Å². The Hall–Kier alpha value is -4.08. The highest BCUT2D eigenvalue weighted by Gasteiger charge is 2.19. The predicted octanol–water partition coefficient (Wildman–Crippen LogP) is 5.56. The average molecular weight is 483 g/mol. The Labute approximate surface area is 212 Å². The second kappa shape index (κ2) is 11.6. The van der Waals surface area contributed by atoms with Crippen molar-refractivity contribution < 1.29 is 19.3 Å². The van der Waals surface area contributed by atoms with Crippen LogP contribution in [0.5, 0.6) is 17.2 Å². The molecule has 36 heavy (non-hydrogen) atoms. The molecule has 3 aromatic rings. The maximum atomic E-state index is 11.3. The highest BCUT2D eigenvalue weighted by Crippen LogP contribution is 2.34. The number of terminal acetylenes is 1. The van der Waals surface area contributed by atoms with Gasteiger partial charge in [0.25, 0.3) is 0 Å². The van der Waals surface area contributed by atoms with Crippen molar-refractivity contribution in [3.05, 3.63) is 89.4 Å². The third-order valence-corrected chi connectivity index (χ3v) is 5.81. The number of ether oxygens (including phenoxy) is 3. The van der Waals surface area contributed by atoms with E-state index in [9.17, 15) is 5.11 Å². The molecule has 0 fully saturated rings. The van der Waals surface area contributed by atoms with Crippen molar-refractivity contribution in [1.82, 2.24) is 9.97 Å². The summed E-state index contributed by atoms with van der Waals surface area (Å²) >= 11 is 0. The number of rotatable bonds is 6. The molecule has 2 heterocycles. The Balaban J connectivity index is 1.85. The fraction of sp³-hybridized carbons (Fsp3) is 0.267. The minimum atomic E-state index is -1.08. The number of nitrogens with zero attached hydrogens (tertiary/aromatic N) is 2. The minimum Gasteiger partial charge on any atom is -0.486 e. The summed E-state index contributed by atoms with van der Waals surface area (Å²) in [5.41, 5.74) is 4.25. The van der Waals surface area contributed by atoms with Crippen LogP contribution in [0.25, 0.3) is 11.3 Å². The van der Waals surface area contributed by atoms with Crippen LogP contribution in [-0.4, -0.2) is 34.9 Å². The van der Waals surface area contributed by atoms with Gasteiger partial charge in [-0.3, -0.25) is 0 Å². The molecule has 1 aliphatic rings. The monoisotopic (exact) mass is 482 g/mol. The highest BCUT2D eigenvalue weighted by atomic mass is 16.6. The second-order valence-electron chi connectivity index (χ2n) is 8.76. The summed E-state index contributed by atoms with van der Waals surface area (Å²) in [5, 5.41) is 11.3. The zero-order valence-electron chi connectivity index (χ0n) is 20.8. The summed E-state index contributed by atoms with van der Waals surface area (Å²) in [7, 11) is 0. The van der Waals surface area contributed by atoms with Gasteiger partial charge in [-0.2, -0.15) is 0 Å². The van der Waals surface area contributed by atoms with Gasteiger partial charge in [-0.15, -0.1) is 6.42 Å². The van der Waals surface area contributed by atoms with Crippen molar-refractivity contribution in [2.45, 2.75) is 32.8 Å². The first-order chi connectivity index (χ1) is 17.5. The lowest BCUT2D eigenvalue weighted by Crippen LogP contribution is -2.16. The van der Waals surface area contributed by atoms with Crippen molar-refractivity contribution in [3.63, 3.8) is 0 Å². The number of aryl methyl sites for hydroxylation is 1. The number of aliphatic hydroxyl groups is 1. The molecular weight excluding hydrogens is 452 g/mol. The molecule has 0 aliphatic carbocycles. The molecule has 0 amide bonds. The molecule has 2 aromatic carbocycles. The summed E-state index contributed by atoms with van der Waals surface area (Å²) in [6.07, 6.45) is 5.88. The molecule has 0 spiro atoms. The van der Waals surface area contributed by atoms with Crippen molar-refractivity contribution in [3.8, 4) is 40.8 Å². The van der Waals surface area contributed by atoms with Crippen molar-refractivity contribution in [1.29, 1.82) is 0 Å². The minimum absolute atomic E-state index is 0.149. The van der Waals surface area contributed by atoms with E-state index >= 15 is 0 Å². The lowest BCUT2D eigenvalue weighted by Gasteiger charge is -2.20. The third-order valence-electron chi connectivity index (χ3n) is 5.81. The standard InChI is InChI=1S/C30H30N2O4/c1-5-15-34-25-7-6-14-31-30(29(33)24-12-13-26-27(19-24)36-17-16-35-26)32-28(21(4)18-25)23-10-8-22(9-11-23)20(2)3/h1,6-14,18-20,29,33H,15-17H2,2-4H3. The van der Waals surface area contributed by atoms with Crippen molar-refractivity contribution in [2.75, 3.05) is 19.8 Å². The maximum Gasteiger partial charge on any atom is 0.162 e. The third kappa shape index (κ3) is 5.94. The van der Waals surface area contributed by atoms with Gasteiger partial charge in [-0.05, 0) is 59.9 Å². The van der Waals surface area contributed by atoms with E-state index < -0.39 is 6.10 Å². The highest BCUT2D eigenvalue weighted by molar-refractivity contribution is 5.63. The maximum absolute atomic E-state index is 11.3. The van der Waals surface area contributed by atoms with Crippen LogP contribution in [0, 0.1) is 19.3 Å². The van der Waals surface area contributed by atoms with Crippen LogP contribution in [0.2, 0.25) is 0 Å². The zero-order chi connectivity index (χ0) is 25.5. The Morgan fingerprint density at radius 2 is 1.72 bits per heavy atom. The number of hydrogen-bond donors (Lipinski definition) is 1. The molecule has 184 valence electrons. The van der Waals surface area contributed by atoms with Gasteiger partial charge < -0.3 is 19.3 Å². The zero-order valence-corrected chi connectivity index (χ0v) is 20.8. The molecule has 0 saturated heterocycles. The quantitative estimate of drug-likeness (QED) is 0.464. The van der Waals surface area contributed by atoms with Crippen LogP contribution < -0.4 is 14.2 Å². The van der Waals surface area contributed by atoms with Gasteiger partial charge in [0.05, 0.1) is 5.69 Å². The Morgan fingerprint density at radius 3 is 2.44 bits per heavy atom. The molecule has 1 unspecified atom stereocenters. The SMILES string of the molecule is C#CCOc1cccnc(C(O)c2ccc3c(c2)OCCO3)nc(-c2ccc(C(C)C)cc2)c(C)c1. The fourth-order valence-electron chi connectivity index (χ4n) is 3.86. The first kappa shape index (κ1) is 25.0. The van der Waals surface area contributed by atoms with Gasteiger partial charge in [0.15, 0.2) is 17.3 Å². The molecule has 1 aromatic heterocycles. The van der Waals surface area contributed by atoms with Gasteiger partial charge in [0.1, 0.15) is 31.7 Å². The van der Waals surface area contributed by atoms with Crippen LogP contribution >= 0.6 is 0 Å². The summed E-state index contributed by atoms with van der Waals surface area (Å²) in [6, 6.07) is 19.0. The number of fused-ring (bicyclic) bond motifs is 1. The number of aliphatic hydroxyl groups excluding tert-OH is 1. The van der Waals surface area contributed by atoms with E-state index in [0.717, 1.165) is 11.1 Å². The van der Waals surface area contributed by atoms with Crippen LogP contribution in [0.15, 0.2) is 66.9 Å². The van der Waals surface area contributed by atoms with Crippen molar-refractivity contribution >= 4 is 0 Å². The molecule has 0 saturated carbocycles. The van der Waals surface area contributed by atoms with Gasteiger partial charge in [-0.1, -0.05) is 50.1 Å². The van der Waals surface area contributed by atoms with Gasteiger partial charge in [0, 0.05) is 11.8 Å². The average Bonchev–Trinajstić information content (AvgIpc) is 2.90. The molecule has 1 aliphatic heterocycles. The Bertz CT molecular complexity index is 1310. The Morgan fingerprint density at radius 1 is 1.00 bits per heavy atom. The van der Waals surface area contributed by atoms with E-state index in [1.54, 1.807) is 36.5 Å². The largest absolute Gasteiger partial charge is 0.486 e. The number of benzene rings is 2. The van der Waals surface area contributed by atoms with Crippen LogP contribution in [0.3, 0.4) is 0 Å². The smallest absolute Gasteiger partial charge is 0.162 e. The first-order valence-electron chi connectivity index (χ1n) is 11.9. The molecule has 1 atom stereocenters. The Kier molecular flexibility index (Phi) is 8.04. The van der Waals surface area contributed by atoms with Crippen LogP contribution in [0.1, 0.15) is 48.4 Å². The first-order valence-corrected chi connectivity index (χ1v) is 11.9. The number of aromatic nitrogens is 2. The topological polar surface area (TPSA) is 73.7 Å². The summed E-state index contributed by atoms with van der Waals surface area (Å²) in [4.78, 5) is 9.37. The lowest BCUT2D eigenvalue weighted by molar-refractivity contribution is 0.169. The van der Waals surface area contributed by atoms with E-state index in [2.05, 4.69) is 36.9 Å². The van der Waals surface area contributed by atoms with Gasteiger partial charge in [-0.25, -0.2) is 9.97 Å². The van der Waals surface area contributed by atoms with E-state index in [-0.39, 0.29) is 12.4 Å². The summed E-state index contributed by atoms with van der Waals surface area (Å²) in [6.45, 7) is 7.37. The van der Waals surface area contributed by atoms with Gasteiger partial charge >= 0.3 is 0 Å². The molecule has 1 N–H and O–H groups in total. The van der Waals surface area contributed by atoms with E-state index in [0.29, 0.717) is 47.6 Å². The molecule has 6 heteroatoms. The lowest BCUT2D eigenvalue weighted by atomic mass is 9.99. The summed E-state index contributed by atoms with van der Waals surface area (Å²) < 4.78 is 17.0. The molecule has 4 rings (SSSR count). The molecular formula is C30H30N2O4. The second-order valence-corrected chi connectivity index (χ2v) is 8.76. The van der Waals surface area contributed by atoms with E-state index in [1.807, 2.05) is 25.1 Å². The molecule has 6 nitrogen and oxygen atoms in total. The van der Waals surface area contributed by atoms with Gasteiger partial charge in [0.2, 0.25) is 0 Å². The molecule has 0 bridgehead atoms. The van der Waals surface area contributed by atoms with Crippen LogP contribution in [-0.2, 0) is 0 Å². The number of hydrogen-bond acceptors (Lipinski definition) is 6. The molecule has 0 radical (unpaired) electrons. The summed E-state index contributed by atoms with van der Waals surface area (Å²) in [5.74, 6) is 4.99. The fourth-order valence-corrected chi connectivity index (χ4v) is 3.86.